The summed E-state index contributed by atoms with van der Waals surface area (Å²) in [6.07, 6.45) is 0. The summed E-state index contributed by atoms with van der Waals surface area (Å²) < 4.78 is 0.717. The molecule has 1 rings (SSSR count). The number of hydrogen-bond acceptors (Lipinski definition) is 6. The van der Waals surface area contributed by atoms with Crippen LogP contribution in [0.2, 0.25) is 0 Å². The van der Waals surface area contributed by atoms with Gasteiger partial charge in [0.15, 0.2) is 4.34 Å². The maximum absolute atomic E-state index is 11.8. The highest BCUT2D eigenvalue weighted by Crippen LogP contribution is 2.27. The zero-order chi connectivity index (χ0) is 12.3. The Morgan fingerprint density at radius 2 is 2.12 bits per heavy atom. The van der Waals surface area contributed by atoms with Crippen molar-refractivity contribution in [2.75, 3.05) is 5.73 Å². The number of rotatable bonds is 3. The number of nitrogens with two attached hydrogens (primary N) is 1. The van der Waals surface area contributed by atoms with Crippen LogP contribution in [-0.4, -0.2) is 26.9 Å². The Labute approximate surface area is 103 Å². The molecule has 3 N–H and O–H groups in total. The van der Waals surface area contributed by atoms with E-state index < -0.39 is 0 Å². The van der Waals surface area contributed by atoms with Crippen molar-refractivity contribution in [2.24, 2.45) is 0 Å². The first kappa shape index (κ1) is 13.2. The van der Waals surface area contributed by atoms with Crippen LogP contribution in [0, 0.1) is 0 Å². The molecule has 1 aromatic heterocycles. The quantitative estimate of drug-likeness (QED) is 0.805. The van der Waals surface area contributed by atoms with E-state index in [-0.39, 0.29) is 16.7 Å². The van der Waals surface area contributed by atoms with E-state index in [1.165, 1.54) is 23.1 Å². The van der Waals surface area contributed by atoms with Crippen molar-refractivity contribution in [1.82, 2.24) is 15.5 Å². The highest BCUT2D eigenvalue weighted by molar-refractivity contribution is 8.02. The zero-order valence-electron chi connectivity index (χ0n) is 9.77. The summed E-state index contributed by atoms with van der Waals surface area (Å²) in [7, 11) is 0. The predicted octanol–water partition coefficient (Wildman–Crippen LogP) is 1.52. The molecule has 0 fully saturated rings. The summed E-state index contributed by atoms with van der Waals surface area (Å²) >= 11 is 2.66. The molecule has 0 aromatic carbocycles. The van der Waals surface area contributed by atoms with E-state index in [9.17, 15) is 4.79 Å². The van der Waals surface area contributed by atoms with Gasteiger partial charge in [0, 0.05) is 5.54 Å². The second kappa shape index (κ2) is 5.01. The van der Waals surface area contributed by atoms with Gasteiger partial charge in [0.05, 0.1) is 5.25 Å². The van der Waals surface area contributed by atoms with Gasteiger partial charge in [-0.2, -0.15) is 0 Å². The SMILES string of the molecule is CC(Sc1nnc(N)s1)C(=O)NC(C)(C)C. The Bertz CT molecular complexity index is 372. The Balaban J connectivity index is 2.52. The molecule has 0 saturated heterocycles. The highest BCUT2D eigenvalue weighted by Gasteiger charge is 2.21. The van der Waals surface area contributed by atoms with Gasteiger partial charge in [0.25, 0.3) is 0 Å². The van der Waals surface area contributed by atoms with E-state index >= 15 is 0 Å². The van der Waals surface area contributed by atoms with Crippen molar-refractivity contribution in [2.45, 2.75) is 42.8 Å². The van der Waals surface area contributed by atoms with Crippen molar-refractivity contribution < 1.29 is 4.79 Å². The van der Waals surface area contributed by atoms with Crippen molar-refractivity contribution in [3.05, 3.63) is 0 Å². The summed E-state index contributed by atoms with van der Waals surface area (Å²) in [4.78, 5) is 11.8. The average Bonchev–Trinajstić information content (AvgIpc) is 2.48. The lowest BCUT2D eigenvalue weighted by atomic mass is 10.1. The average molecular weight is 260 g/mol. The topological polar surface area (TPSA) is 80.9 Å². The molecule has 5 nitrogen and oxygen atoms in total. The van der Waals surface area contributed by atoms with Crippen molar-refractivity contribution in [1.29, 1.82) is 0 Å². The molecule has 0 radical (unpaired) electrons. The smallest absolute Gasteiger partial charge is 0.233 e. The number of carbonyl (C=O) groups is 1. The molecule has 0 aliphatic heterocycles. The number of hydrogen-bond donors (Lipinski definition) is 2. The van der Waals surface area contributed by atoms with Gasteiger partial charge in [0.1, 0.15) is 0 Å². The third-order valence-electron chi connectivity index (χ3n) is 1.57. The molecule has 90 valence electrons. The largest absolute Gasteiger partial charge is 0.374 e. The summed E-state index contributed by atoms with van der Waals surface area (Å²) in [5.41, 5.74) is 5.25. The maximum atomic E-state index is 11.8. The molecule has 0 saturated carbocycles. The molecular weight excluding hydrogens is 244 g/mol. The third-order valence-corrected chi connectivity index (χ3v) is 3.50. The van der Waals surface area contributed by atoms with Gasteiger partial charge in [0.2, 0.25) is 11.0 Å². The molecule has 1 atom stereocenters. The second-order valence-electron chi connectivity index (χ2n) is 4.41. The lowest BCUT2D eigenvalue weighted by Gasteiger charge is -2.22. The molecule has 1 unspecified atom stereocenters. The first-order chi connectivity index (χ1) is 7.28. The molecule has 0 spiro atoms. The van der Waals surface area contributed by atoms with Gasteiger partial charge < -0.3 is 11.1 Å². The van der Waals surface area contributed by atoms with E-state index in [0.29, 0.717) is 9.47 Å². The van der Waals surface area contributed by atoms with Crippen LogP contribution in [0.1, 0.15) is 27.7 Å². The Morgan fingerprint density at radius 1 is 1.50 bits per heavy atom. The number of carbonyl (C=O) groups excluding carboxylic acids is 1. The van der Waals surface area contributed by atoms with Gasteiger partial charge in [-0.3, -0.25) is 4.79 Å². The Hall–Kier alpha value is -0.820. The maximum Gasteiger partial charge on any atom is 0.233 e. The minimum absolute atomic E-state index is 0.00808. The van der Waals surface area contributed by atoms with E-state index in [2.05, 4.69) is 15.5 Å². The van der Waals surface area contributed by atoms with E-state index in [4.69, 9.17) is 5.73 Å². The van der Waals surface area contributed by atoms with Crippen LogP contribution >= 0.6 is 23.1 Å². The van der Waals surface area contributed by atoms with Crippen LogP contribution in [0.5, 0.6) is 0 Å². The predicted molar refractivity (Wildman–Crippen MR) is 67.5 cm³/mol. The van der Waals surface area contributed by atoms with Crippen molar-refractivity contribution in [3.8, 4) is 0 Å². The number of nitrogens with zero attached hydrogens (tertiary/aromatic N) is 2. The minimum atomic E-state index is -0.216. The molecule has 1 heterocycles. The van der Waals surface area contributed by atoms with Crippen LogP contribution in [0.3, 0.4) is 0 Å². The third kappa shape index (κ3) is 4.36. The molecular formula is C9H16N4OS2. The summed E-state index contributed by atoms with van der Waals surface area (Å²) in [6, 6.07) is 0. The van der Waals surface area contributed by atoms with Gasteiger partial charge in [-0.25, -0.2) is 0 Å². The number of nitrogen functional groups attached to an aromatic ring is 1. The molecule has 0 bridgehead atoms. The summed E-state index contributed by atoms with van der Waals surface area (Å²) in [6.45, 7) is 7.69. The van der Waals surface area contributed by atoms with Crippen molar-refractivity contribution >= 4 is 34.1 Å². The number of anilines is 1. The van der Waals surface area contributed by atoms with Gasteiger partial charge in [-0.15, -0.1) is 10.2 Å². The molecule has 7 heteroatoms. The number of thioether (sulfide) groups is 1. The first-order valence-electron chi connectivity index (χ1n) is 4.85. The second-order valence-corrected chi connectivity index (χ2v) is 7.00. The van der Waals surface area contributed by atoms with Gasteiger partial charge >= 0.3 is 0 Å². The first-order valence-corrected chi connectivity index (χ1v) is 6.55. The van der Waals surface area contributed by atoms with E-state index in [1.807, 2.05) is 27.7 Å². The standard InChI is InChI=1S/C9H16N4OS2/c1-5(6(14)11-9(2,3)4)15-8-13-12-7(10)16-8/h5H,1-4H3,(H2,10,12)(H,11,14). The molecule has 1 amide bonds. The summed E-state index contributed by atoms with van der Waals surface area (Å²) in [5.74, 6) is -0.00808. The monoisotopic (exact) mass is 260 g/mol. The van der Waals surface area contributed by atoms with E-state index in [0.717, 1.165) is 0 Å². The number of amides is 1. The highest BCUT2D eigenvalue weighted by atomic mass is 32.2. The molecule has 0 aliphatic carbocycles. The normalized spacial score (nSPS) is 13.5. The molecule has 16 heavy (non-hydrogen) atoms. The minimum Gasteiger partial charge on any atom is -0.374 e. The van der Waals surface area contributed by atoms with Gasteiger partial charge in [-0.1, -0.05) is 23.1 Å². The molecule has 1 aromatic rings. The van der Waals surface area contributed by atoms with Gasteiger partial charge in [-0.05, 0) is 27.7 Å². The fraction of sp³-hybridized carbons (Fsp3) is 0.667. The summed E-state index contributed by atoms with van der Waals surface area (Å²) in [5, 5.41) is 10.7. The Morgan fingerprint density at radius 3 is 2.56 bits per heavy atom. The van der Waals surface area contributed by atoms with Crippen LogP contribution < -0.4 is 11.1 Å². The molecule has 0 aliphatic rings. The lowest BCUT2D eigenvalue weighted by molar-refractivity contribution is -0.121. The fourth-order valence-electron chi connectivity index (χ4n) is 0.944. The van der Waals surface area contributed by atoms with E-state index in [1.54, 1.807) is 0 Å². The Kier molecular flexibility index (Phi) is 4.15. The zero-order valence-corrected chi connectivity index (χ0v) is 11.4. The van der Waals surface area contributed by atoms with Crippen LogP contribution in [0.25, 0.3) is 0 Å². The van der Waals surface area contributed by atoms with Crippen LogP contribution in [0.15, 0.2) is 4.34 Å². The fourth-order valence-corrected chi connectivity index (χ4v) is 2.72. The number of aromatic nitrogens is 2. The van der Waals surface area contributed by atoms with Crippen molar-refractivity contribution in [3.63, 3.8) is 0 Å². The van der Waals surface area contributed by atoms with Crippen LogP contribution in [-0.2, 0) is 4.79 Å². The van der Waals surface area contributed by atoms with Crippen LogP contribution in [0.4, 0.5) is 5.13 Å². The number of nitrogens with one attached hydrogen (secondary N) is 1. The lowest BCUT2D eigenvalue weighted by Crippen LogP contribution is -2.44.